The summed E-state index contributed by atoms with van der Waals surface area (Å²) in [6.45, 7) is 5.26. The zero-order chi connectivity index (χ0) is 10.8. The van der Waals surface area contributed by atoms with Crippen LogP contribution in [0.25, 0.3) is 0 Å². The Labute approximate surface area is 82.9 Å². The fraction of sp³-hybridized carbons (Fsp3) is 0.600. The number of ketones is 1. The van der Waals surface area contributed by atoms with E-state index in [4.69, 9.17) is 9.47 Å². The van der Waals surface area contributed by atoms with Crippen LogP contribution in [0.3, 0.4) is 0 Å². The molecule has 4 nitrogen and oxygen atoms in total. The molecule has 0 saturated carbocycles. The fourth-order valence-electron chi connectivity index (χ4n) is 1.03. The first kappa shape index (κ1) is 10.8. The van der Waals surface area contributed by atoms with Crippen molar-refractivity contribution in [2.24, 2.45) is 0 Å². The standard InChI is InChI=1S/C10H14O4/c1-10(2,3)14-9(12)13-8-5-4-7(11)6-8/h4-5,8H,6H2,1-3H3/t8-/m1/s1. The van der Waals surface area contributed by atoms with E-state index in [1.165, 1.54) is 6.08 Å². The molecule has 0 heterocycles. The highest BCUT2D eigenvalue weighted by Crippen LogP contribution is 2.14. The molecule has 0 aliphatic heterocycles. The van der Waals surface area contributed by atoms with Crippen molar-refractivity contribution in [3.8, 4) is 0 Å². The van der Waals surface area contributed by atoms with Crippen molar-refractivity contribution in [2.45, 2.75) is 38.9 Å². The summed E-state index contributed by atoms with van der Waals surface area (Å²) in [7, 11) is 0. The molecule has 14 heavy (non-hydrogen) atoms. The Kier molecular flexibility index (Phi) is 2.93. The summed E-state index contributed by atoms with van der Waals surface area (Å²) in [5.41, 5.74) is -0.566. The van der Waals surface area contributed by atoms with Gasteiger partial charge in [0, 0.05) is 0 Å². The summed E-state index contributed by atoms with van der Waals surface area (Å²) in [4.78, 5) is 21.9. The minimum absolute atomic E-state index is 0.0291. The average molecular weight is 198 g/mol. The lowest BCUT2D eigenvalue weighted by molar-refractivity contribution is -0.115. The highest BCUT2D eigenvalue weighted by Gasteiger charge is 2.23. The van der Waals surface area contributed by atoms with Gasteiger partial charge in [0.05, 0.1) is 6.42 Å². The van der Waals surface area contributed by atoms with Gasteiger partial charge in [-0.15, -0.1) is 0 Å². The van der Waals surface area contributed by atoms with Crippen molar-refractivity contribution in [2.75, 3.05) is 0 Å². The molecule has 0 aromatic carbocycles. The van der Waals surface area contributed by atoms with E-state index in [-0.39, 0.29) is 12.2 Å². The number of allylic oxidation sites excluding steroid dienone is 1. The van der Waals surface area contributed by atoms with Gasteiger partial charge in [0.2, 0.25) is 0 Å². The van der Waals surface area contributed by atoms with Gasteiger partial charge in [-0.25, -0.2) is 4.79 Å². The number of rotatable bonds is 1. The third-order valence-corrected chi connectivity index (χ3v) is 1.54. The van der Waals surface area contributed by atoms with E-state index < -0.39 is 17.9 Å². The smallest absolute Gasteiger partial charge is 0.429 e. The van der Waals surface area contributed by atoms with E-state index in [9.17, 15) is 9.59 Å². The molecule has 1 rings (SSSR count). The number of carbonyl (C=O) groups is 2. The van der Waals surface area contributed by atoms with Crippen LogP contribution in [-0.4, -0.2) is 23.6 Å². The maximum atomic E-state index is 11.1. The molecule has 0 radical (unpaired) electrons. The molecule has 0 amide bonds. The average Bonchev–Trinajstić information content (AvgIpc) is 2.30. The van der Waals surface area contributed by atoms with Crippen LogP contribution < -0.4 is 0 Å². The maximum Gasteiger partial charge on any atom is 0.509 e. The van der Waals surface area contributed by atoms with E-state index in [0.717, 1.165) is 0 Å². The minimum atomic E-state index is -0.734. The van der Waals surface area contributed by atoms with Crippen molar-refractivity contribution in [3.05, 3.63) is 12.2 Å². The van der Waals surface area contributed by atoms with Gasteiger partial charge in [0.25, 0.3) is 0 Å². The van der Waals surface area contributed by atoms with Gasteiger partial charge in [-0.3, -0.25) is 4.79 Å². The van der Waals surface area contributed by atoms with E-state index in [0.29, 0.717) is 0 Å². The van der Waals surface area contributed by atoms with Crippen molar-refractivity contribution < 1.29 is 19.1 Å². The molecule has 0 aromatic rings. The second kappa shape index (κ2) is 3.82. The summed E-state index contributed by atoms with van der Waals surface area (Å²) in [6, 6.07) is 0. The predicted molar refractivity (Wildman–Crippen MR) is 49.9 cm³/mol. The second-order valence-corrected chi connectivity index (χ2v) is 4.15. The van der Waals surface area contributed by atoms with E-state index in [1.54, 1.807) is 26.8 Å². The summed E-state index contributed by atoms with van der Waals surface area (Å²) in [5.74, 6) is -0.0291. The first-order valence-electron chi connectivity index (χ1n) is 4.47. The van der Waals surface area contributed by atoms with Crippen molar-refractivity contribution in [1.29, 1.82) is 0 Å². The van der Waals surface area contributed by atoms with Gasteiger partial charge >= 0.3 is 6.16 Å². The second-order valence-electron chi connectivity index (χ2n) is 4.15. The van der Waals surface area contributed by atoms with Gasteiger partial charge in [-0.05, 0) is 32.9 Å². The minimum Gasteiger partial charge on any atom is -0.429 e. The van der Waals surface area contributed by atoms with Gasteiger partial charge in [0.15, 0.2) is 5.78 Å². The van der Waals surface area contributed by atoms with Crippen LogP contribution in [0.1, 0.15) is 27.2 Å². The van der Waals surface area contributed by atoms with E-state index >= 15 is 0 Å². The Morgan fingerprint density at radius 2 is 2.14 bits per heavy atom. The monoisotopic (exact) mass is 198 g/mol. The highest BCUT2D eigenvalue weighted by atomic mass is 16.7. The fourth-order valence-corrected chi connectivity index (χ4v) is 1.03. The zero-order valence-corrected chi connectivity index (χ0v) is 8.57. The third-order valence-electron chi connectivity index (χ3n) is 1.54. The molecule has 1 aliphatic carbocycles. The molecule has 1 aliphatic rings. The van der Waals surface area contributed by atoms with Crippen molar-refractivity contribution in [3.63, 3.8) is 0 Å². The predicted octanol–water partition coefficient (Wildman–Crippen LogP) is 1.84. The van der Waals surface area contributed by atoms with Crippen LogP contribution in [0.15, 0.2) is 12.2 Å². The molecule has 78 valence electrons. The lowest BCUT2D eigenvalue weighted by atomic mass is 10.2. The molecule has 1 atom stereocenters. The molecule has 0 aromatic heterocycles. The Hall–Kier alpha value is -1.32. The molecule has 0 fully saturated rings. The molecule has 0 saturated heterocycles. The molecule has 0 bridgehead atoms. The molecule has 0 N–H and O–H groups in total. The maximum absolute atomic E-state index is 11.1. The quantitative estimate of drug-likeness (QED) is 0.603. The lowest BCUT2D eigenvalue weighted by Gasteiger charge is -2.20. The summed E-state index contributed by atoms with van der Waals surface area (Å²) in [5, 5.41) is 0. The van der Waals surface area contributed by atoms with Crippen LogP contribution in [0.5, 0.6) is 0 Å². The Morgan fingerprint density at radius 1 is 1.50 bits per heavy atom. The summed E-state index contributed by atoms with van der Waals surface area (Å²) in [6.07, 6.45) is 2.00. The van der Waals surface area contributed by atoms with Crippen LogP contribution in [-0.2, 0) is 14.3 Å². The van der Waals surface area contributed by atoms with Gasteiger partial charge < -0.3 is 9.47 Å². The number of hydrogen-bond acceptors (Lipinski definition) is 4. The Bertz CT molecular complexity index is 272. The molecular formula is C10H14O4. The Balaban J connectivity index is 2.35. The normalized spacial score (nSPS) is 21.1. The molecular weight excluding hydrogens is 184 g/mol. The molecule has 4 heteroatoms. The largest absolute Gasteiger partial charge is 0.509 e. The molecule has 0 spiro atoms. The topological polar surface area (TPSA) is 52.6 Å². The third kappa shape index (κ3) is 3.60. The molecule has 0 unspecified atom stereocenters. The first-order valence-corrected chi connectivity index (χ1v) is 4.47. The van der Waals surface area contributed by atoms with Gasteiger partial charge in [0.1, 0.15) is 11.7 Å². The Morgan fingerprint density at radius 3 is 2.57 bits per heavy atom. The number of hydrogen-bond donors (Lipinski definition) is 0. The van der Waals surface area contributed by atoms with Gasteiger partial charge in [-0.1, -0.05) is 0 Å². The SMILES string of the molecule is CC(C)(C)OC(=O)O[C@@H]1C=CC(=O)C1. The number of carbonyl (C=O) groups excluding carboxylic acids is 2. The van der Waals surface area contributed by atoms with E-state index in [1.807, 2.05) is 0 Å². The number of ether oxygens (including phenoxy) is 2. The highest BCUT2D eigenvalue weighted by molar-refractivity contribution is 5.92. The van der Waals surface area contributed by atoms with Crippen LogP contribution >= 0.6 is 0 Å². The van der Waals surface area contributed by atoms with Crippen LogP contribution in [0, 0.1) is 0 Å². The van der Waals surface area contributed by atoms with Crippen molar-refractivity contribution in [1.82, 2.24) is 0 Å². The van der Waals surface area contributed by atoms with Gasteiger partial charge in [-0.2, -0.15) is 0 Å². The first-order chi connectivity index (χ1) is 6.37. The van der Waals surface area contributed by atoms with Crippen LogP contribution in [0.2, 0.25) is 0 Å². The lowest BCUT2D eigenvalue weighted by Crippen LogP contribution is -2.26. The summed E-state index contributed by atoms with van der Waals surface area (Å²) < 4.78 is 9.82. The summed E-state index contributed by atoms with van der Waals surface area (Å²) >= 11 is 0. The zero-order valence-electron chi connectivity index (χ0n) is 8.57. The van der Waals surface area contributed by atoms with Crippen molar-refractivity contribution >= 4 is 11.9 Å². The van der Waals surface area contributed by atoms with Crippen LogP contribution in [0.4, 0.5) is 4.79 Å². The van der Waals surface area contributed by atoms with E-state index in [2.05, 4.69) is 0 Å².